The van der Waals surface area contributed by atoms with Crippen LogP contribution in [0, 0.1) is 24.2 Å². The molecule has 1 aliphatic heterocycles. The van der Waals surface area contributed by atoms with Crippen molar-refractivity contribution >= 4 is 6.09 Å². The molecule has 0 aromatic heterocycles. The number of rotatable bonds is 0. The van der Waals surface area contributed by atoms with Crippen LogP contribution >= 0.6 is 0 Å². The highest BCUT2D eigenvalue weighted by molar-refractivity contribution is 5.69. The third kappa shape index (κ3) is 2.02. The van der Waals surface area contributed by atoms with Gasteiger partial charge in [0.25, 0.3) is 0 Å². The predicted octanol–water partition coefficient (Wildman–Crippen LogP) is 2.27. The summed E-state index contributed by atoms with van der Waals surface area (Å²) in [5, 5.41) is 0. The summed E-state index contributed by atoms with van der Waals surface area (Å²) < 4.78 is 5.38. The average molecular weight is 221 g/mol. The Bertz CT molecular complexity index is 337. The fourth-order valence-electron chi connectivity index (χ4n) is 2.70. The van der Waals surface area contributed by atoms with Crippen LogP contribution in [-0.2, 0) is 4.74 Å². The van der Waals surface area contributed by atoms with E-state index in [1.807, 2.05) is 25.7 Å². The Morgan fingerprint density at radius 2 is 2.12 bits per heavy atom. The van der Waals surface area contributed by atoms with Crippen LogP contribution in [0.1, 0.15) is 33.6 Å². The Hall–Kier alpha value is -1.17. The van der Waals surface area contributed by atoms with E-state index in [1.165, 1.54) is 0 Å². The molecule has 1 amide bonds. The van der Waals surface area contributed by atoms with Crippen molar-refractivity contribution in [3.8, 4) is 12.3 Å². The van der Waals surface area contributed by atoms with Crippen LogP contribution in [0.25, 0.3) is 0 Å². The number of ether oxygens (including phenoxy) is 1. The number of fused-ring (bicyclic) bond motifs is 2. The molecule has 3 atom stereocenters. The Morgan fingerprint density at radius 3 is 2.56 bits per heavy atom. The minimum Gasteiger partial charge on any atom is -0.444 e. The van der Waals surface area contributed by atoms with E-state index >= 15 is 0 Å². The molecule has 0 radical (unpaired) electrons. The Balaban J connectivity index is 1.96. The van der Waals surface area contributed by atoms with Crippen LogP contribution in [0.5, 0.6) is 0 Å². The van der Waals surface area contributed by atoms with Crippen LogP contribution in [0.4, 0.5) is 4.79 Å². The summed E-state index contributed by atoms with van der Waals surface area (Å²) >= 11 is 0. The van der Waals surface area contributed by atoms with Gasteiger partial charge in [-0.2, -0.15) is 0 Å². The third-order valence-electron chi connectivity index (χ3n) is 3.38. The molecule has 0 spiro atoms. The zero-order chi connectivity index (χ0) is 11.9. The van der Waals surface area contributed by atoms with E-state index in [0.717, 1.165) is 19.4 Å². The molecule has 0 N–H and O–H groups in total. The molecule has 0 aromatic carbocycles. The molecule has 0 aromatic rings. The van der Waals surface area contributed by atoms with Crippen LogP contribution in [-0.4, -0.2) is 29.2 Å². The molecule has 0 unspecified atom stereocenters. The van der Waals surface area contributed by atoms with Crippen molar-refractivity contribution in [1.82, 2.24) is 4.90 Å². The lowest BCUT2D eigenvalue weighted by molar-refractivity contribution is 0.0176. The molecule has 1 saturated heterocycles. The molecule has 88 valence electrons. The number of terminal acetylenes is 1. The first-order valence-corrected chi connectivity index (χ1v) is 5.86. The van der Waals surface area contributed by atoms with Crippen LogP contribution in [0.15, 0.2) is 0 Å². The molecule has 16 heavy (non-hydrogen) atoms. The minimum atomic E-state index is -0.412. The first kappa shape index (κ1) is 11.3. The smallest absolute Gasteiger partial charge is 0.410 e. The molecular weight excluding hydrogens is 202 g/mol. The van der Waals surface area contributed by atoms with Crippen LogP contribution < -0.4 is 0 Å². The monoisotopic (exact) mass is 221 g/mol. The van der Waals surface area contributed by atoms with E-state index in [9.17, 15) is 4.79 Å². The summed E-state index contributed by atoms with van der Waals surface area (Å²) in [6.07, 6.45) is 7.27. The molecule has 2 bridgehead atoms. The van der Waals surface area contributed by atoms with E-state index in [4.69, 9.17) is 11.2 Å². The highest BCUT2D eigenvalue weighted by Crippen LogP contribution is 2.42. The Labute approximate surface area is 97.1 Å². The number of nitrogens with zero attached hydrogens (tertiary/aromatic N) is 1. The van der Waals surface area contributed by atoms with Crippen molar-refractivity contribution in [2.75, 3.05) is 6.54 Å². The average Bonchev–Trinajstić information content (AvgIpc) is 2.72. The second kappa shape index (κ2) is 3.69. The summed E-state index contributed by atoms with van der Waals surface area (Å²) in [6.45, 7) is 6.45. The molecule has 1 aliphatic carbocycles. The summed E-state index contributed by atoms with van der Waals surface area (Å²) in [5.74, 6) is 3.68. The Kier molecular flexibility index (Phi) is 2.61. The number of hydrogen-bond acceptors (Lipinski definition) is 2. The molecule has 2 fully saturated rings. The van der Waals surface area contributed by atoms with Crippen LogP contribution in [0.2, 0.25) is 0 Å². The first-order chi connectivity index (χ1) is 7.40. The maximum atomic E-state index is 11.9. The molecule has 2 rings (SSSR count). The van der Waals surface area contributed by atoms with Gasteiger partial charge in [-0.25, -0.2) is 4.79 Å². The predicted molar refractivity (Wildman–Crippen MR) is 61.8 cm³/mol. The van der Waals surface area contributed by atoms with Gasteiger partial charge in [0.2, 0.25) is 0 Å². The van der Waals surface area contributed by atoms with Crippen molar-refractivity contribution in [3.05, 3.63) is 0 Å². The van der Waals surface area contributed by atoms with Gasteiger partial charge in [-0.3, -0.25) is 0 Å². The highest BCUT2D eigenvalue weighted by Gasteiger charge is 2.46. The van der Waals surface area contributed by atoms with Gasteiger partial charge in [0.15, 0.2) is 0 Å². The van der Waals surface area contributed by atoms with Gasteiger partial charge in [-0.1, -0.05) is 0 Å². The summed E-state index contributed by atoms with van der Waals surface area (Å²) in [7, 11) is 0. The molecule has 1 saturated carbocycles. The topological polar surface area (TPSA) is 29.5 Å². The maximum Gasteiger partial charge on any atom is 0.410 e. The van der Waals surface area contributed by atoms with Gasteiger partial charge in [0.1, 0.15) is 5.60 Å². The SMILES string of the molecule is C#C[C@@H]1C[C@@H]2C[C@H]1CN2C(=O)OC(C)(C)C. The number of piperidine rings is 1. The summed E-state index contributed by atoms with van der Waals surface area (Å²) in [4.78, 5) is 13.7. The number of carbonyl (C=O) groups is 1. The zero-order valence-electron chi connectivity index (χ0n) is 10.2. The normalized spacial score (nSPS) is 32.6. The molecule has 2 aliphatic rings. The van der Waals surface area contributed by atoms with Crippen molar-refractivity contribution in [1.29, 1.82) is 0 Å². The number of likely N-dealkylation sites (tertiary alicyclic amines) is 1. The van der Waals surface area contributed by atoms with E-state index in [2.05, 4.69) is 5.92 Å². The number of hydrogen-bond donors (Lipinski definition) is 0. The highest BCUT2D eigenvalue weighted by atomic mass is 16.6. The van der Waals surface area contributed by atoms with E-state index < -0.39 is 5.60 Å². The largest absolute Gasteiger partial charge is 0.444 e. The molecule has 3 heteroatoms. The van der Waals surface area contributed by atoms with Gasteiger partial charge < -0.3 is 9.64 Å². The Morgan fingerprint density at radius 1 is 1.44 bits per heavy atom. The molecular formula is C13H19NO2. The maximum absolute atomic E-state index is 11.9. The van der Waals surface area contributed by atoms with Gasteiger partial charge in [-0.05, 0) is 39.5 Å². The first-order valence-electron chi connectivity index (χ1n) is 5.86. The molecule has 3 nitrogen and oxygen atoms in total. The van der Waals surface area contributed by atoms with Crippen molar-refractivity contribution in [3.63, 3.8) is 0 Å². The zero-order valence-corrected chi connectivity index (χ0v) is 10.2. The van der Waals surface area contributed by atoms with Crippen LogP contribution in [0.3, 0.4) is 0 Å². The quantitative estimate of drug-likeness (QED) is 0.587. The second-order valence-corrected chi connectivity index (χ2v) is 5.79. The van der Waals surface area contributed by atoms with E-state index in [1.54, 1.807) is 0 Å². The number of amides is 1. The molecule has 1 heterocycles. The van der Waals surface area contributed by atoms with Gasteiger partial charge in [0, 0.05) is 18.5 Å². The standard InChI is InChI=1S/C13H19NO2/c1-5-9-6-11-7-10(9)8-14(11)12(15)16-13(2,3)4/h1,9-11H,6-8H2,2-4H3/t9-,10+,11-/m1/s1. The second-order valence-electron chi connectivity index (χ2n) is 5.79. The van der Waals surface area contributed by atoms with Gasteiger partial charge >= 0.3 is 6.09 Å². The number of carbonyl (C=O) groups excluding carboxylic acids is 1. The van der Waals surface area contributed by atoms with Gasteiger partial charge in [-0.15, -0.1) is 12.3 Å². The summed E-state index contributed by atoms with van der Waals surface area (Å²) in [5.41, 5.74) is -0.412. The fourth-order valence-corrected chi connectivity index (χ4v) is 2.70. The third-order valence-corrected chi connectivity index (χ3v) is 3.38. The van der Waals surface area contributed by atoms with Crippen molar-refractivity contribution in [2.24, 2.45) is 11.8 Å². The minimum absolute atomic E-state index is 0.185. The van der Waals surface area contributed by atoms with E-state index in [0.29, 0.717) is 17.9 Å². The fraction of sp³-hybridized carbons (Fsp3) is 0.769. The summed E-state index contributed by atoms with van der Waals surface area (Å²) in [6, 6.07) is 0.306. The lowest BCUT2D eigenvalue weighted by atomic mass is 9.96. The van der Waals surface area contributed by atoms with E-state index in [-0.39, 0.29) is 6.09 Å². The van der Waals surface area contributed by atoms with Crippen molar-refractivity contribution in [2.45, 2.75) is 45.3 Å². The van der Waals surface area contributed by atoms with Crippen molar-refractivity contribution < 1.29 is 9.53 Å². The van der Waals surface area contributed by atoms with Gasteiger partial charge in [0.05, 0.1) is 0 Å². The lowest BCUT2D eigenvalue weighted by Crippen LogP contribution is -2.42. The lowest BCUT2D eigenvalue weighted by Gasteiger charge is -2.31.